The van der Waals surface area contributed by atoms with E-state index in [1.807, 2.05) is 67.6 Å². The normalized spacial score (nSPS) is 15.8. The summed E-state index contributed by atoms with van der Waals surface area (Å²) in [6, 6.07) is 12.3. The highest BCUT2D eigenvalue weighted by molar-refractivity contribution is 7.19. The van der Waals surface area contributed by atoms with Crippen molar-refractivity contribution in [3.63, 3.8) is 0 Å². The van der Waals surface area contributed by atoms with Crippen molar-refractivity contribution in [1.29, 1.82) is 0 Å². The van der Waals surface area contributed by atoms with Gasteiger partial charge in [-0.1, -0.05) is 29.5 Å². The molecule has 0 fully saturated rings. The summed E-state index contributed by atoms with van der Waals surface area (Å²) in [5.74, 6) is -0.399. The van der Waals surface area contributed by atoms with Crippen LogP contribution < -0.4 is 9.47 Å². The van der Waals surface area contributed by atoms with E-state index in [-0.39, 0.29) is 11.4 Å². The number of carbonyl (C=O) groups excluding carboxylic acids is 2. The number of para-hydroxylation sites is 2. The first-order valence-corrected chi connectivity index (χ1v) is 13.7. The second-order valence-electron chi connectivity index (χ2n) is 9.73. The minimum atomic E-state index is -0.776. The maximum absolute atomic E-state index is 14.2. The zero-order valence-electron chi connectivity index (χ0n) is 22.7. The standard InChI is InChI=1S/C29H32N4O5S/c1-6-38-21-13-12-18(16-22(21)37-5)24-23(26(35)28(36)32(24)15-9-14-31(3)4)25(34)27-17(2)33-20-11-8-7-10-19(20)30-29(33)39-27/h7-8,10-13,16,24,35H,6,9,14-15H2,1-5H3. The number of carbonyl (C=O) groups is 2. The Bertz CT molecular complexity index is 1600. The smallest absolute Gasteiger partial charge is 0.290 e. The maximum atomic E-state index is 14.2. The number of hydrogen-bond donors (Lipinski definition) is 1. The fourth-order valence-electron chi connectivity index (χ4n) is 5.15. The Hall–Kier alpha value is -3.89. The first-order valence-electron chi connectivity index (χ1n) is 12.9. The van der Waals surface area contributed by atoms with E-state index < -0.39 is 17.7 Å². The molecule has 0 spiro atoms. The molecule has 1 aliphatic rings. The number of aryl methyl sites for hydroxylation is 1. The number of fused-ring (bicyclic) bond motifs is 3. The molecule has 0 saturated heterocycles. The number of methoxy groups -OCH3 is 1. The van der Waals surface area contributed by atoms with Crippen molar-refractivity contribution < 1.29 is 24.2 Å². The van der Waals surface area contributed by atoms with Gasteiger partial charge in [-0.15, -0.1) is 0 Å². The second kappa shape index (κ2) is 10.7. The van der Waals surface area contributed by atoms with Crippen molar-refractivity contribution >= 4 is 39.0 Å². The molecule has 1 unspecified atom stereocenters. The molecular formula is C29H32N4O5S. The summed E-state index contributed by atoms with van der Waals surface area (Å²) < 4.78 is 13.2. The summed E-state index contributed by atoms with van der Waals surface area (Å²) in [5, 5.41) is 11.1. The molecule has 2 aromatic heterocycles. The number of nitrogens with zero attached hydrogens (tertiary/aromatic N) is 4. The highest BCUT2D eigenvalue weighted by Crippen LogP contribution is 2.43. The Kier molecular flexibility index (Phi) is 7.33. The molecule has 9 nitrogen and oxygen atoms in total. The van der Waals surface area contributed by atoms with Crippen LogP contribution >= 0.6 is 11.3 Å². The van der Waals surface area contributed by atoms with Gasteiger partial charge in [0.25, 0.3) is 5.91 Å². The van der Waals surface area contributed by atoms with Crippen LogP contribution in [0.4, 0.5) is 0 Å². The average molecular weight is 549 g/mol. The van der Waals surface area contributed by atoms with Gasteiger partial charge in [-0.2, -0.15) is 0 Å². The first-order chi connectivity index (χ1) is 18.8. The summed E-state index contributed by atoms with van der Waals surface area (Å²) in [6.45, 7) is 5.34. The minimum Gasteiger partial charge on any atom is -0.503 e. The Morgan fingerprint density at radius 2 is 1.95 bits per heavy atom. The molecule has 1 N–H and O–H groups in total. The lowest BCUT2D eigenvalue weighted by Crippen LogP contribution is -2.33. The molecule has 1 aliphatic heterocycles. The van der Waals surface area contributed by atoms with Gasteiger partial charge in [-0.3, -0.25) is 14.0 Å². The van der Waals surface area contributed by atoms with Crippen LogP contribution in [-0.4, -0.2) is 76.9 Å². The van der Waals surface area contributed by atoms with Crippen LogP contribution in [0.25, 0.3) is 16.0 Å². The number of hydrogen-bond acceptors (Lipinski definition) is 8. The first kappa shape index (κ1) is 26.7. The lowest BCUT2D eigenvalue weighted by molar-refractivity contribution is -0.129. The van der Waals surface area contributed by atoms with Crippen LogP contribution in [0.2, 0.25) is 0 Å². The number of rotatable bonds is 10. The van der Waals surface area contributed by atoms with Gasteiger partial charge >= 0.3 is 0 Å². The summed E-state index contributed by atoms with van der Waals surface area (Å²) in [7, 11) is 5.47. The second-order valence-corrected chi connectivity index (χ2v) is 10.7. The summed E-state index contributed by atoms with van der Waals surface area (Å²) in [5.41, 5.74) is 3.18. The van der Waals surface area contributed by atoms with E-state index in [2.05, 4.69) is 4.98 Å². The number of thiazole rings is 1. The van der Waals surface area contributed by atoms with Crippen LogP contribution in [-0.2, 0) is 4.79 Å². The minimum absolute atomic E-state index is 0.0629. The van der Waals surface area contributed by atoms with Crippen LogP contribution in [0.5, 0.6) is 11.5 Å². The van der Waals surface area contributed by atoms with Crippen molar-refractivity contribution in [3.05, 3.63) is 69.9 Å². The molecule has 0 aliphatic carbocycles. The van der Waals surface area contributed by atoms with Crippen molar-refractivity contribution in [2.45, 2.75) is 26.3 Å². The van der Waals surface area contributed by atoms with Crippen molar-refractivity contribution in [1.82, 2.24) is 19.2 Å². The Morgan fingerprint density at radius 3 is 2.67 bits per heavy atom. The van der Waals surface area contributed by atoms with E-state index in [0.29, 0.717) is 46.5 Å². The highest BCUT2D eigenvalue weighted by atomic mass is 32.1. The molecule has 39 heavy (non-hydrogen) atoms. The molecule has 3 heterocycles. The molecule has 1 atom stereocenters. The van der Waals surface area contributed by atoms with E-state index in [9.17, 15) is 14.7 Å². The van der Waals surface area contributed by atoms with E-state index in [1.165, 1.54) is 11.3 Å². The van der Waals surface area contributed by atoms with Crippen molar-refractivity contribution in [2.24, 2.45) is 0 Å². The van der Waals surface area contributed by atoms with E-state index in [0.717, 1.165) is 23.3 Å². The fourth-order valence-corrected chi connectivity index (χ4v) is 6.24. The number of Topliss-reactive ketones (excluding diaryl/α,β-unsaturated/α-hetero) is 1. The molecule has 4 aromatic rings. The topological polar surface area (TPSA) is 96.6 Å². The highest BCUT2D eigenvalue weighted by Gasteiger charge is 2.44. The third-order valence-corrected chi connectivity index (χ3v) is 8.09. The molecule has 10 heteroatoms. The third kappa shape index (κ3) is 4.63. The van der Waals surface area contributed by atoms with Gasteiger partial charge < -0.3 is 24.4 Å². The predicted octanol–water partition coefficient (Wildman–Crippen LogP) is 4.79. The summed E-state index contributed by atoms with van der Waals surface area (Å²) >= 11 is 1.26. The van der Waals surface area contributed by atoms with Gasteiger partial charge in [0, 0.05) is 12.2 Å². The van der Waals surface area contributed by atoms with Crippen LogP contribution in [0.1, 0.15) is 40.3 Å². The molecule has 1 amide bonds. The van der Waals surface area contributed by atoms with Crippen molar-refractivity contribution in [2.75, 3.05) is 40.9 Å². The molecule has 5 rings (SSSR count). The fraction of sp³-hybridized carbons (Fsp3) is 0.345. The average Bonchev–Trinajstić information content (AvgIpc) is 3.53. The number of aromatic nitrogens is 2. The SMILES string of the molecule is CCOc1ccc(C2C(C(=O)c3sc4nc5ccccc5n4c3C)=C(O)C(=O)N2CCCN(C)C)cc1OC. The van der Waals surface area contributed by atoms with Gasteiger partial charge in [0.05, 0.1) is 41.2 Å². The van der Waals surface area contributed by atoms with Crippen molar-refractivity contribution in [3.8, 4) is 11.5 Å². The number of imidazole rings is 1. The number of aliphatic hydroxyl groups is 1. The quantitative estimate of drug-likeness (QED) is 0.285. The zero-order chi connectivity index (χ0) is 27.8. The van der Waals surface area contributed by atoms with E-state index >= 15 is 0 Å². The van der Waals surface area contributed by atoms with E-state index in [1.54, 1.807) is 24.1 Å². The predicted molar refractivity (Wildman–Crippen MR) is 151 cm³/mol. The molecule has 0 radical (unpaired) electrons. The monoisotopic (exact) mass is 548 g/mol. The molecule has 204 valence electrons. The number of ketones is 1. The Labute approximate surface area is 230 Å². The molecule has 0 saturated carbocycles. The van der Waals surface area contributed by atoms with Crippen LogP contribution in [0.15, 0.2) is 53.8 Å². The molecular weight excluding hydrogens is 516 g/mol. The summed E-state index contributed by atoms with van der Waals surface area (Å²) in [6.07, 6.45) is 0.677. The number of aliphatic hydroxyl groups excluding tert-OH is 1. The number of benzene rings is 2. The van der Waals surface area contributed by atoms with Gasteiger partial charge in [-0.05, 0) is 70.7 Å². The van der Waals surface area contributed by atoms with Crippen LogP contribution in [0, 0.1) is 6.92 Å². The zero-order valence-corrected chi connectivity index (χ0v) is 23.5. The summed E-state index contributed by atoms with van der Waals surface area (Å²) in [4.78, 5) is 37.0. The molecule has 0 bridgehead atoms. The van der Waals surface area contributed by atoms with Crippen LogP contribution in [0.3, 0.4) is 0 Å². The number of amides is 1. The van der Waals surface area contributed by atoms with Gasteiger partial charge in [-0.25, -0.2) is 4.98 Å². The van der Waals surface area contributed by atoms with Gasteiger partial charge in [0.2, 0.25) is 5.78 Å². The largest absolute Gasteiger partial charge is 0.503 e. The van der Waals surface area contributed by atoms with Gasteiger partial charge in [0.15, 0.2) is 22.2 Å². The third-order valence-electron chi connectivity index (χ3n) is 6.95. The molecule has 2 aromatic carbocycles. The lowest BCUT2D eigenvalue weighted by atomic mass is 9.94. The maximum Gasteiger partial charge on any atom is 0.290 e. The Morgan fingerprint density at radius 1 is 1.18 bits per heavy atom. The van der Waals surface area contributed by atoms with Gasteiger partial charge in [0.1, 0.15) is 0 Å². The van der Waals surface area contributed by atoms with E-state index in [4.69, 9.17) is 9.47 Å². The number of ether oxygens (including phenoxy) is 2. The lowest BCUT2D eigenvalue weighted by Gasteiger charge is -2.28. The Balaban J connectivity index is 1.61.